The Labute approximate surface area is 135 Å². The predicted molar refractivity (Wildman–Crippen MR) is 93.7 cm³/mol. The van der Waals surface area contributed by atoms with E-state index >= 15 is 0 Å². The third-order valence-electron chi connectivity index (χ3n) is 4.22. The fraction of sp³-hybridized carbons (Fsp3) is 0.667. The average Bonchev–Trinajstić information content (AvgIpc) is 3.01. The minimum absolute atomic E-state index is 0.0920. The third kappa shape index (κ3) is 3.16. The van der Waals surface area contributed by atoms with Crippen molar-refractivity contribution in [3.05, 3.63) is 4.88 Å². The van der Waals surface area contributed by atoms with Gasteiger partial charge < -0.3 is 16.0 Å². The lowest BCUT2D eigenvalue weighted by Crippen LogP contribution is -2.25. The van der Waals surface area contributed by atoms with Crippen molar-refractivity contribution in [2.24, 2.45) is 11.3 Å². The molecule has 0 aromatic carbocycles. The van der Waals surface area contributed by atoms with E-state index in [0.29, 0.717) is 21.9 Å². The normalized spacial score (nSPS) is 19.1. The van der Waals surface area contributed by atoms with Crippen molar-refractivity contribution in [1.82, 2.24) is 5.32 Å². The van der Waals surface area contributed by atoms with E-state index in [1.54, 1.807) is 18.8 Å². The Bertz CT molecular complexity index is 534. The van der Waals surface area contributed by atoms with Gasteiger partial charge in [-0.25, -0.2) is 0 Å². The molecule has 1 amide bonds. The Balaban J connectivity index is 2.31. The average molecular weight is 328 g/mol. The smallest absolute Gasteiger partial charge is 0.263 e. The largest absolute Gasteiger partial charge is 0.396 e. The summed E-state index contributed by atoms with van der Waals surface area (Å²) in [5.41, 5.74) is 7.13. The molecule has 2 rings (SSSR count). The van der Waals surface area contributed by atoms with E-state index in [9.17, 15) is 4.79 Å². The van der Waals surface area contributed by atoms with Crippen LogP contribution in [0.25, 0.3) is 0 Å². The van der Waals surface area contributed by atoms with Crippen molar-refractivity contribution in [2.45, 2.75) is 32.1 Å². The van der Waals surface area contributed by atoms with Gasteiger partial charge in [0, 0.05) is 20.1 Å². The number of hydrogen-bond acceptors (Lipinski definition) is 5. The van der Waals surface area contributed by atoms with E-state index in [1.807, 2.05) is 6.26 Å². The molecule has 1 unspecified atom stereocenters. The second-order valence-corrected chi connectivity index (χ2v) is 8.38. The molecule has 2 heterocycles. The fourth-order valence-electron chi connectivity index (χ4n) is 2.76. The highest BCUT2D eigenvalue weighted by Gasteiger charge is 2.34. The molecule has 21 heavy (non-hydrogen) atoms. The quantitative estimate of drug-likeness (QED) is 0.837. The second-order valence-electron chi connectivity index (χ2n) is 6.56. The molecule has 1 saturated heterocycles. The number of anilines is 2. The van der Waals surface area contributed by atoms with E-state index < -0.39 is 0 Å². The molecule has 3 N–H and O–H groups in total. The predicted octanol–water partition coefficient (Wildman–Crippen LogP) is 3.28. The molecular formula is C15H25N3OS2. The maximum absolute atomic E-state index is 11.9. The van der Waals surface area contributed by atoms with Gasteiger partial charge in [0.15, 0.2) is 0 Å². The highest BCUT2D eigenvalue weighted by molar-refractivity contribution is 7.99. The standard InChI is InChI=1S/C15H25N3OS2/c1-15(2,3)9-6-7-18(8-9)14-12(20-5)10(16)11(21-14)13(19)17-4/h9H,6-8,16H2,1-5H3,(H,17,19). The third-order valence-corrected chi connectivity index (χ3v) is 6.44. The number of carbonyl (C=O) groups is 1. The van der Waals surface area contributed by atoms with Crippen LogP contribution in [0.1, 0.15) is 36.9 Å². The Kier molecular flexibility index (Phi) is 4.78. The molecule has 1 aromatic rings. The van der Waals surface area contributed by atoms with Crippen LogP contribution in [0.5, 0.6) is 0 Å². The number of nitrogens with zero attached hydrogens (tertiary/aromatic N) is 1. The zero-order chi connectivity index (χ0) is 15.8. The molecule has 0 aliphatic carbocycles. The van der Waals surface area contributed by atoms with Crippen molar-refractivity contribution in [3.63, 3.8) is 0 Å². The summed E-state index contributed by atoms with van der Waals surface area (Å²) in [4.78, 5) is 16.0. The van der Waals surface area contributed by atoms with Crippen molar-refractivity contribution in [2.75, 3.05) is 37.0 Å². The van der Waals surface area contributed by atoms with Crippen LogP contribution < -0.4 is 16.0 Å². The van der Waals surface area contributed by atoms with Gasteiger partial charge in [0.2, 0.25) is 0 Å². The van der Waals surface area contributed by atoms with Crippen LogP contribution >= 0.6 is 23.1 Å². The molecule has 1 aliphatic heterocycles. The number of nitrogens with one attached hydrogen (secondary N) is 1. The number of nitrogen functional groups attached to an aromatic ring is 1. The highest BCUT2D eigenvalue weighted by atomic mass is 32.2. The summed E-state index contributed by atoms with van der Waals surface area (Å²) in [5, 5.41) is 3.83. The van der Waals surface area contributed by atoms with E-state index in [4.69, 9.17) is 5.73 Å². The van der Waals surface area contributed by atoms with Gasteiger partial charge >= 0.3 is 0 Å². The molecule has 0 radical (unpaired) electrons. The number of hydrogen-bond donors (Lipinski definition) is 2. The molecule has 1 atom stereocenters. The lowest BCUT2D eigenvalue weighted by Gasteiger charge is -2.27. The molecule has 1 fully saturated rings. The molecule has 1 aromatic heterocycles. The van der Waals surface area contributed by atoms with Crippen LogP contribution in [0.4, 0.5) is 10.7 Å². The SMILES string of the molecule is CNC(=O)c1sc(N2CCC(C(C)(C)C)C2)c(SC)c1N. The number of nitrogens with two attached hydrogens (primary N) is 1. The Morgan fingerprint density at radius 3 is 2.62 bits per heavy atom. The van der Waals surface area contributed by atoms with Gasteiger partial charge in [-0.1, -0.05) is 20.8 Å². The number of amides is 1. The first kappa shape index (κ1) is 16.5. The fourth-order valence-corrected chi connectivity index (χ4v) is 4.92. The van der Waals surface area contributed by atoms with Gasteiger partial charge in [0.05, 0.1) is 10.6 Å². The van der Waals surface area contributed by atoms with Gasteiger partial charge in [0.1, 0.15) is 9.88 Å². The second kappa shape index (κ2) is 6.08. The Morgan fingerprint density at radius 2 is 2.14 bits per heavy atom. The number of thiophene rings is 1. The Morgan fingerprint density at radius 1 is 1.48 bits per heavy atom. The summed E-state index contributed by atoms with van der Waals surface area (Å²) in [6.45, 7) is 8.99. The summed E-state index contributed by atoms with van der Waals surface area (Å²) in [5.74, 6) is 0.588. The van der Waals surface area contributed by atoms with E-state index in [1.165, 1.54) is 17.8 Å². The Hall–Kier alpha value is -0.880. The summed E-state index contributed by atoms with van der Waals surface area (Å²) >= 11 is 3.15. The lowest BCUT2D eigenvalue weighted by molar-refractivity contribution is 0.0968. The van der Waals surface area contributed by atoms with E-state index in [-0.39, 0.29) is 5.91 Å². The number of thioether (sulfide) groups is 1. The van der Waals surface area contributed by atoms with Crippen molar-refractivity contribution < 1.29 is 4.79 Å². The maximum Gasteiger partial charge on any atom is 0.263 e. The van der Waals surface area contributed by atoms with Crippen LogP contribution in [-0.4, -0.2) is 32.3 Å². The van der Waals surface area contributed by atoms with Gasteiger partial charge in [-0.3, -0.25) is 4.79 Å². The minimum Gasteiger partial charge on any atom is -0.396 e. The molecule has 6 heteroatoms. The van der Waals surface area contributed by atoms with Crippen molar-refractivity contribution >= 4 is 39.7 Å². The van der Waals surface area contributed by atoms with Crippen LogP contribution in [0, 0.1) is 11.3 Å². The monoisotopic (exact) mass is 327 g/mol. The van der Waals surface area contributed by atoms with Crippen molar-refractivity contribution in [1.29, 1.82) is 0 Å². The van der Waals surface area contributed by atoms with Gasteiger partial charge in [-0.05, 0) is 24.0 Å². The number of carbonyl (C=O) groups excluding carboxylic acids is 1. The first-order chi connectivity index (χ1) is 9.79. The first-order valence-electron chi connectivity index (χ1n) is 7.22. The lowest BCUT2D eigenvalue weighted by atomic mass is 9.80. The van der Waals surface area contributed by atoms with Gasteiger partial charge in [-0.15, -0.1) is 23.1 Å². The van der Waals surface area contributed by atoms with E-state index in [2.05, 4.69) is 31.0 Å². The topological polar surface area (TPSA) is 58.4 Å². The molecule has 0 saturated carbocycles. The molecular weight excluding hydrogens is 302 g/mol. The molecule has 4 nitrogen and oxygen atoms in total. The summed E-state index contributed by atoms with van der Waals surface area (Å²) in [7, 11) is 1.64. The molecule has 118 valence electrons. The zero-order valence-electron chi connectivity index (χ0n) is 13.4. The summed E-state index contributed by atoms with van der Waals surface area (Å²) in [6.07, 6.45) is 3.22. The van der Waals surface area contributed by atoms with Crippen LogP contribution in [0.15, 0.2) is 4.90 Å². The van der Waals surface area contributed by atoms with Crippen molar-refractivity contribution in [3.8, 4) is 0 Å². The molecule has 1 aliphatic rings. The highest BCUT2D eigenvalue weighted by Crippen LogP contribution is 2.46. The summed E-state index contributed by atoms with van der Waals surface area (Å²) in [6, 6.07) is 0. The maximum atomic E-state index is 11.9. The summed E-state index contributed by atoms with van der Waals surface area (Å²) < 4.78 is 0. The van der Waals surface area contributed by atoms with Crippen LogP contribution in [-0.2, 0) is 0 Å². The van der Waals surface area contributed by atoms with Crippen LogP contribution in [0.2, 0.25) is 0 Å². The zero-order valence-corrected chi connectivity index (χ0v) is 15.1. The van der Waals surface area contributed by atoms with Crippen LogP contribution in [0.3, 0.4) is 0 Å². The van der Waals surface area contributed by atoms with Gasteiger partial charge in [-0.2, -0.15) is 0 Å². The minimum atomic E-state index is -0.0920. The van der Waals surface area contributed by atoms with Gasteiger partial charge in [0.25, 0.3) is 5.91 Å². The molecule has 0 spiro atoms. The molecule has 0 bridgehead atoms. The number of rotatable bonds is 3. The first-order valence-corrected chi connectivity index (χ1v) is 9.27. The van der Waals surface area contributed by atoms with E-state index in [0.717, 1.165) is 23.0 Å².